The highest BCUT2D eigenvalue weighted by Gasteiger charge is 2.32. The van der Waals surface area contributed by atoms with Crippen LogP contribution >= 0.6 is 0 Å². The van der Waals surface area contributed by atoms with E-state index in [1.54, 1.807) is 19.9 Å². The maximum atomic E-state index is 13.8. The molecule has 2 aromatic carbocycles. The summed E-state index contributed by atoms with van der Waals surface area (Å²) in [4.78, 5) is 12.0. The van der Waals surface area contributed by atoms with E-state index >= 15 is 0 Å². The number of hydrogen-bond donors (Lipinski definition) is 2. The van der Waals surface area contributed by atoms with Gasteiger partial charge in [0.25, 0.3) is 10.0 Å². The summed E-state index contributed by atoms with van der Waals surface area (Å²) in [5, 5.41) is 2.73. The van der Waals surface area contributed by atoms with E-state index < -0.39 is 21.3 Å². The van der Waals surface area contributed by atoms with Gasteiger partial charge in [0.2, 0.25) is 5.91 Å². The van der Waals surface area contributed by atoms with Crippen LogP contribution in [0.3, 0.4) is 0 Å². The van der Waals surface area contributed by atoms with E-state index in [4.69, 9.17) is 9.47 Å². The lowest BCUT2D eigenvalue weighted by Crippen LogP contribution is -2.33. The summed E-state index contributed by atoms with van der Waals surface area (Å²) in [6.45, 7) is 3.69. The van der Waals surface area contributed by atoms with Crippen molar-refractivity contribution >= 4 is 27.3 Å². The number of methoxy groups -OCH3 is 1. The predicted molar refractivity (Wildman–Crippen MR) is 98.1 cm³/mol. The lowest BCUT2D eigenvalue weighted by molar-refractivity contribution is -0.124. The summed E-state index contributed by atoms with van der Waals surface area (Å²) in [5.41, 5.74) is -0.167. The number of rotatable bonds is 4. The van der Waals surface area contributed by atoms with Crippen LogP contribution in [-0.4, -0.2) is 28.0 Å². The summed E-state index contributed by atoms with van der Waals surface area (Å²) in [5.74, 6) is -0.641. The van der Waals surface area contributed by atoms with Crippen molar-refractivity contribution in [1.29, 1.82) is 0 Å². The Bertz CT molecular complexity index is 1000. The van der Waals surface area contributed by atoms with Gasteiger partial charge in [-0.05, 0) is 50.2 Å². The molecule has 0 fully saturated rings. The fourth-order valence-corrected chi connectivity index (χ4v) is 3.52. The third kappa shape index (κ3) is 3.82. The van der Waals surface area contributed by atoms with E-state index in [-0.39, 0.29) is 28.8 Å². The number of fused-ring (bicyclic) bond motifs is 1. The first kappa shape index (κ1) is 19.0. The number of carbonyl (C=O) groups is 1. The fraction of sp³-hybridized carbons (Fsp3) is 0.278. The Morgan fingerprint density at radius 3 is 2.63 bits per heavy atom. The number of carbonyl (C=O) groups excluding carboxylic acids is 1. The molecule has 2 aromatic rings. The van der Waals surface area contributed by atoms with E-state index in [1.165, 1.54) is 31.4 Å². The molecule has 1 amide bonds. The van der Waals surface area contributed by atoms with Gasteiger partial charge in [0, 0.05) is 0 Å². The number of hydrogen-bond acceptors (Lipinski definition) is 5. The van der Waals surface area contributed by atoms with E-state index in [9.17, 15) is 17.6 Å². The minimum Gasteiger partial charge on any atom is -0.494 e. The molecule has 0 spiro atoms. The standard InChI is InChI=1S/C18H19FN2O5S/c1-18(2)10-26-16-6-4-11(8-14(16)20-17(18)22)21-27(23,24)12-5-7-15(25-3)13(19)9-12/h4-9,21H,10H2,1-3H3,(H,20,22). The Morgan fingerprint density at radius 2 is 1.96 bits per heavy atom. The van der Waals surface area contributed by atoms with Crippen molar-refractivity contribution in [3.8, 4) is 11.5 Å². The number of sulfonamides is 1. The molecular weight excluding hydrogens is 375 g/mol. The van der Waals surface area contributed by atoms with E-state index in [1.807, 2.05) is 0 Å². The predicted octanol–water partition coefficient (Wildman–Crippen LogP) is 2.99. The van der Waals surface area contributed by atoms with Crippen molar-refractivity contribution in [3.05, 3.63) is 42.2 Å². The number of ether oxygens (including phenoxy) is 2. The summed E-state index contributed by atoms with van der Waals surface area (Å²) < 4.78 is 51.6. The monoisotopic (exact) mass is 394 g/mol. The Labute approximate surface area is 156 Å². The molecule has 0 saturated heterocycles. The highest BCUT2D eigenvalue weighted by molar-refractivity contribution is 7.92. The molecule has 0 saturated carbocycles. The minimum absolute atomic E-state index is 0.0542. The van der Waals surface area contributed by atoms with Crippen LogP contribution < -0.4 is 19.5 Å². The van der Waals surface area contributed by atoms with Crippen LogP contribution in [0.25, 0.3) is 0 Å². The summed E-state index contributed by atoms with van der Waals surface area (Å²) in [6.07, 6.45) is 0. The van der Waals surface area contributed by atoms with Crippen LogP contribution in [0.2, 0.25) is 0 Å². The summed E-state index contributed by atoms with van der Waals surface area (Å²) in [7, 11) is -2.74. The second-order valence-electron chi connectivity index (χ2n) is 6.74. The van der Waals surface area contributed by atoms with Gasteiger partial charge in [-0.25, -0.2) is 12.8 Å². The van der Waals surface area contributed by atoms with Gasteiger partial charge in [0.05, 0.1) is 28.8 Å². The molecule has 0 bridgehead atoms. The zero-order valence-corrected chi connectivity index (χ0v) is 15.8. The van der Waals surface area contributed by atoms with Gasteiger partial charge in [-0.1, -0.05) is 0 Å². The number of halogens is 1. The molecule has 1 heterocycles. The Morgan fingerprint density at radius 1 is 1.22 bits per heavy atom. The lowest BCUT2D eigenvalue weighted by Gasteiger charge is -2.18. The zero-order valence-electron chi connectivity index (χ0n) is 15.0. The summed E-state index contributed by atoms with van der Waals surface area (Å²) in [6, 6.07) is 7.85. The number of anilines is 2. The molecule has 0 unspecified atom stereocenters. The number of benzene rings is 2. The average Bonchev–Trinajstić information content (AvgIpc) is 2.71. The third-order valence-electron chi connectivity index (χ3n) is 4.12. The van der Waals surface area contributed by atoms with Gasteiger partial charge in [-0.2, -0.15) is 0 Å². The van der Waals surface area contributed by atoms with Crippen LogP contribution in [0.1, 0.15) is 13.8 Å². The Hall–Kier alpha value is -2.81. The molecule has 1 aliphatic rings. The van der Waals surface area contributed by atoms with Crippen molar-refractivity contribution < 1.29 is 27.1 Å². The maximum absolute atomic E-state index is 13.8. The zero-order chi connectivity index (χ0) is 19.8. The smallest absolute Gasteiger partial charge is 0.262 e. The SMILES string of the molecule is COc1ccc(S(=O)(=O)Nc2ccc3c(c2)NC(=O)C(C)(C)CO3)cc1F. The first-order valence-electron chi connectivity index (χ1n) is 8.07. The molecule has 0 radical (unpaired) electrons. The highest BCUT2D eigenvalue weighted by Crippen LogP contribution is 2.34. The third-order valence-corrected chi connectivity index (χ3v) is 5.50. The quantitative estimate of drug-likeness (QED) is 0.832. The second-order valence-corrected chi connectivity index (χ2v) is 8.42. The molecule has 7 nitrogen and oxygen atoms in total. The first-order chi connectivity index (χ1) is 12.6. The second kappa shape index (κ2) is 6.73. The molecule has 3 rings (SSSR count). The van der Waals surface area contributed by atoms with Crippen LogP contribution in [0.15, 0.2) is 41.3 Å². The molecular formula is C18H19FN2O5S. The van der Waals surface area contributed by atoms with Crippen molar-refractivity contribution in [2.75, 3.05) is 23.8 Å². The van der Waals surface area contributed by atoms with Crippen molar-refractivity contribution in [2.24, 2.45) is 5.41 Å². The van der Waals surface area contributed by atoms with E-state index in [0.29, 0.717) is 11.4 Å². The van der Waals surface area contributed by atoms with Crippen LogP contribution in [0.4, 0.5) is 15.8 Å². The van der Waals surface area contributed by atoms with Crippen LogP contribution in [0.5, 0.6) is 11.5 Å². The van der Waals surface area contributed by atoms with E-state index in [0.717, 1.165) is 6.07 Å². The molecule has 0 aliphatic carbocycles. The number of nitrogens with one attached hydrogen (secondary N) is 2. The summed E-state index contributed by atoms with van der Waals surface area (Å²) >= 11 is 0. The minimum atomic E-state index is -4.03. The van der Waals surface area contributed by atoms with Gasteiger partial charge in [0.1, 0.15) is 12.4 Å². The topological polar surface area (TPSA) is 93.7 Å². The largest absolute Gasteiger partial charge is 0.494 e. The van der Waals surface area contributed by atoms with Gasteiger partial charge in [0.15, 0.2) is 11.6 Å². The van der Waals surface area contributed by atoms with Crippen LogP contribution in [0, 0.1) is 11.2 Å². The van der Waals surface area contributed by atoms with E-state index in [2.05, 4.69) is 10.0 Å². The van der Waals surface area contributed by atoms with Crippen molar-refractivity contribution in [3.63, 3.8) is 0 Å². The van der Waals surface area contributed by atoms with Gasteiger partial charge >= 0.3 is 0 Å². The first-order valence-corrected chi connectivity index (χ1v) is 9.55. The van der Waals surface area contributed by atoms with Gasteiger partial charge in [-0.3, -0.25) is 9.52 Å². The Kier molecular flexibility index (Phi) is 4.73. The fourth-order valence-electron chi connectivity index (χ4n) is 2.46. The molecule has 0 atom stereocenters. The highest BCUT2D eigenvalue weighted by atomic mass is 32.2. The van der Waals surface area contributed by atoms with Crippen molar-refractivity contribution in [1.82, 2.24) is 0 Å². The molecule has 1 aliphatic heterocycles. The molecule has 27 heavy (non-hydrogen) atoms. The van der Waals surface area contributed by atoms with Gasteiger partial charge < -0.3 is 14.8 Å². The normalized spacial score (nSPS) is 15.8. The maximum Gasteiger partial charge on any atom is 0.262 e. The van der Waals surface area contributed by atoms with Crippen LogP contribution in [-0.2, 0) is 14.8 Å². The molecule has 144 valence electrons. The molecule has 9 heteroatoms. The Balaban J connectivity index is 1.88. The lowest BCUT2D eigenvalue weighted by atomic mass is 9.94. The molecule has 2 N–H and O–H groups in total. The number of amides is 1. The molecule has 0 aromatic heterocycles. The van der Waals surface area contributed by atoms with Crippen molar-refractivity contribution in [2.45, 2.75) is 18.7 Å². The van der Waals surface area contributed by atoms with Gasteiger partial charge in [-0.15, -0.1) is 0 Å². The average molecular weight is 394 g/mol.